The highest BCUT2D eigenvalue weighted by Gasteiger charge is 2.22. The van der Waals surface area contributed by atoms with Gasteiger partial charge in [-0.1, -0.05) is 40.5 Å². The van der Waals surface area contributed by atoms with E-state index >= 15 is 0 Å². The average Bonchev–Trinajstić information content (AvgIpc) is 2.49. The van der Waals surface area contributed by atoms with Crippen molar-refractivity contribution in [3.63, 3.8) is 0 Å². The fourth-order valence-corrected chi connectivity index (χ4v) is 4.24. The summed E-state index contributed by atoms with van der Waals surface area (Å²) in [4.78, 5) is 19.4. The fourth-order valence-electron chi connectivity index (χ4n) is 2.49. The molecule has 110 valence electrons. The number of nitrogens with one attached hydrogen (secondary N) is 1. The van der Waals surface area contributed by atoms with Crippen LogP contribution in [0.5, 0.6) is 5.88 Å². The number of aromatic hydroxyl groups is 1. The lowest BCUT2D eigenvalue weighted by Gasteiger charge is -2.20. The monoisotopic (exact) mass is 366 g/mol. The van der Waals surface area contributed by atoms with Crippen molar-refractivity contribution in [3.05, 3.63) is 44.9 Å². The lowest BCUT2D eigenvalue weighted by molar-refractivity contribution is 0.448. The molecule has 3 rings (SSSR count). The highest BCUT2D eigenvalue weighted by atomic mass is 79.9. The van der Waals surface area contributed by atoms with E-state index in [1.54, 1.807) is 17.8 Å². The lowest BCUT2D eigenvalue weighted by Crippen LogP contribution is -2.17. The third kappa shape index (κ3) is 3.01. The van der Waals surface area contributed by atoms with Gasteiger partial charge in [-0.25, -0.2) is 0 Å². The quantitative estimate of drug-likeness (QED) is 0.846. The minimum atomic E-state index is -0.296. The van der Waals surface area contributed by atoms with E-state index in [1.165, 1.54) is 6.42 Å². The molecule has 1 aliphatic rings. The average molecular weight is 367 g/mol. The summed E-state index contributed by atoms with van der Waals surface area (Å²) in [5.74, 6) is 1.45. The van der Waals surface area contributed by atoms with Crippen LogP contribution in [-0.2, 0) is 0 Å². The van der Waals surface area contributed by atoms with Crippen molar-refractivity contribution in [2.75, 3.05) is 5.75 Å². The normalized spacial score (nSPS) is 18.6. The molecule has 1 atom stereocenters. The van der Waals surface area contributed by atoms with Gasteiger partial charge in [-0.3, -0.25) is 4.79 Å². The van der Waals surface area contributed by atoms with Gasteiger partial charge in [-0.05, 0) is 24.7 Å². The molecule has 0 bridgehead atoms. The van der Waals surface area contributed by atoms with Gasteiger partial charge in [0, 0.05) is 10.0 Å². The van der Waals surface area contributed by atoms with E-state index in [9.17, 15) is 9.90 Å². The van der Waals surface area contributed by atoms with Crippen LogP contribution in [0.15, 0.2) is 33.5 Å². The highest BCUT2D eigenvalue weighted by Crippen LogP contribution is 2.38. The zero-order chi connectivity index (χ0) is 14.8. The van der Waals surface area contributed by atoms with Gasteiger partial charge < -0.3 is 10.1 Å². The molecule has 0 amide bonds. The molecule has 0 radical (unpaired) electrons. The number of H-pyrrole nitrogens is 1. The maximum Gasteiger partial charge on any atom is 0.262 e. The first kappa shape index (κ1) is 14.7. The van der Waals surface area contributed by atoms with Crippen LogP contribution < -0.4 is 5.56 Å². The maximum absolute atomic E-state index is 12.4. The second-order valence-electron chi connectivity index (χ2n) is 4.98. The van der Waals surface area contributed by atoms with Gasteiger partial charge in [0.25, 0.3) is 5.56 Å². The number of halogens is 1. The van der Waals surface area contributed by atoms with Crippen molar-refractivity contribution in [1.29, 1.82) is 0 Å². The van der Waals surface area contributed by atoms with Crippen molar-refractivity contribution >= 4 is 27.7 Å². The van der Waals surface area contributed by atoms with Crippen molar-refractivity contribution in [1.82, 2.24) is 9.97 Å². The van der Waals surface area contributed by atoms with Crippen LogP contribution >= 0.6 is 27.7 Å². The molecule has 0 spiro atoms. The first-order valence-corrected chi connectivity index (χ1v) is 8.70. The third-order valence-electron chi connectivity index (χ3n) is 3.55. The standard InChI is InChI=1S/C15H15BrN2O2S/c16-10-6-2-1-5-9(10)12-14(19)17-13(18-15(12)20)11-7-3-4-8-21-11/h1-2,5-6,11H,3-4,7-8H2,(H2,17,18,19,20). The SMILES string of the molecule is O=c1[nH]c(C2CCCCS2)nc(O)c1-c1ccccc1Br. The van der Waals surface area contributed by atoms with E-state index in [4.69, 9.17) is 0 Å². The summed E-state index contributed by atoms with van der Waals surface area (Å²) in [6.45, 7) is 0. The number of aromatic amines is 1. The summed E-state index contributed by atoms with van der Waals surface area (Å²) in [5, 5.41) is 10.4. The van der Waals surface area contributed by atoms with E-state index in [0.717, 1.165) is 23.1 Å². The molecule has 0 saturated carbocycles. The number of hydrogen-bond acceptors (Lipinski definition) is 4. The smallest absolute Gasteiger partial charge is 0.262 e. The van der Waals surface area contributed by atoms with Crippen LogP contribution in [0.4, 0.5) is 0 Å². The van der Waals surface area contributed by atoms with Crippen LogP contribution in [0.1, 0.15) is 30.3 Å². The van der Waals surface area contributed by atoms with E-state index < -0.39 is 0 Å². The second-order valence-corrected chi connectivity index (χ2v) is 7.15. The Morgan fingerprint density at radius 2 is 2.14 bits per heavy atom. The van der Waals surface area contributed by atoms with Crippen LogP contribution in [0, 0.1) is 0 Å². The van der Waals surface area contributed by atoms with Gasteiger partial charge >= 0.3 is 0 Å². The molecule has 2 heterocycles. The van der Waals surface area contributed by atoms with Gasteiger partial charge in [0.2, 0.25) is 5.88 Å². The van der Waals surface area contributed by atoms with E-state index in [0.29, 0.717) is 11.4 Å². The minimum Gasteiger partial charge on any atom is -0.493 e. The molecule has 1 saturated heterocycles. The van der Waals surface area contributed by atoms with Crippen LogP contribution in [0.2, 0.25) is 0 Å². The lowest BCUT2D eigenvalue weighted by atomic mass is 10.1. The van der Waals surface area contributed by atoms with Gasteiger partial charge in [-0.15, -0.1) is 0 Å². The summed E-state index contributed by atoms with van der Waals surface area (Å²) in [6, 6.07) is 7.30. The number of nitrogens with zero attached hydrogens (tertiary/aromatic N) is 1. The first-order valence-electron chi connectivity index (χ1n) is 6.86. The number of thioether (sulfide) groups is 1. The van der Waals surface area contributed by atoms with Gasteiger partial charge in [0.05, 0.1) is 5.25 Å². The van der Waals surface area contributed by atoms with E-state index in [2.05, 4.69) is 25.9 Å². The van der Waals surface area contributed by atoms with Crippen LogP contribution in [0.3, 0.4) is 0 Å². The number of hydrogen-bond donors (Lipinski definition) is 2. The molecule has 1 aliphatic heterocycles. The minimum absolute atomic E-state index is 0.172. The zero-order valence-corrected chi connectivity index (χ0v) is 13.7. The molecule has 0 aliphatic carbocycles. The Bertz CT molecular complexity index is 711. The molecular weight excluding hydrogens is 352 g/mol. The molecule has 2 N–H and O–H groups in total. The topological polar surface area (TPSA) is 66.0 Å². The second kappa shape index (κ2) is 6.23. The number of aromatic nitrogens is 2. The summed E-state index contributed by atoms with van der Waals surface area (Å²) in [6.07, 6.45) is 3.32. The molecule has 2 aromatic rings. The molecule has 4 nitrogen and oxygen atoms in total. The predicted molar refractivity (Wildman–Crippen MR) is 88.7 cm³/mol. The molecular formula is C15H15BrN2O2S. The Labute approximate surface area is 135 Å². The Kier molecular flexibility index (Phi) is 4.35. The summed E-state index contributed by atoms with van der Waals surface area (Å²) in [7, 11) is 0. The van der Waals surface area contributed by atoms with Gasteiger partial charge in [0.15, 0.2) is 0 Å². The number of benzene rings is 1. The first-order chi connectivity index (χ1) is 10.2. The van der Waals surface area contributed by atoms with Crippen LogP contribution in [-0.4, -0.2) is 20.8 Å². The summed E-state index contributed by atoms with van der Waals surface area (Å²) < 4.78 is 0.757. The van der Waals surface area contributed by atoms with Gasteiger partial charge in [-0.2, -0.15) is 16.7 Å². The van der Waals surface area contributed by atoms with Gasteiger partial charge in [0.1, 0.15) is 11.4 Å². The third-order valence-corrected chi connectivity index (χ3v) is 5.62. The Balaban J connectivity index is 2.05. The Morgan fingerprint density at radius 1 is 1.33 bits per heavy atom. The fraction of sp³-hybridized carbons (Fsp3) is 0.333. The largest absolute Gasteiger partial charge is 0.493 e. The Morgan fingerprint density at radius 3 is 2.81 bits per heavy atom. The maximum atomic E-state index is 12.4. The van der Waals surface area contributed by atoms with Crippen molar-refractivity contribution in [2.24, 2.45) is 0 Å². The molecule has 1 unspecified atom stereocenters. The van der Waals surface area contributed by atoms with Crippen molar-refractivity contribution in [3.8, 4) is 17.0 Å². The van der Waals surface area contributed by atoms with E-state index in [-0.39, 0.29) is 22.3 Å². The van der Waals surface area contributed by atoms with Crippen LogP contribution in [0.25, 0.3) is 11.1 Å². The molecule has 1 aromatic carbocycles. The zero-order valence-electron chi connectivity index (χ0n) is 11.3. The number of rotatable bonds is 2. The summed E-state index contributed by atoms with van der Waals surface area (Å²) in [5.41, 5.74) is 0.564. The van der Waals surface area contributed by atoms with Crippen molar-refractivity contribution in [2.45, 2.75) is 24.5 Å². The Hall–Kier alpha value is -1.27. The highest BCUT2D eigenvalue weighted by molar-refractivity contribution is 9.10. The molecule has 1 aromatic heterocycles. The summed E-state index contributed by atoms with van der Waals surface area (Å²) >= 11 is 5.19. The van der Waals surface area contributed by atoms with Crippen molar-refractivity contribution < 1.29 is 5.11 Å². The molecule has 6 heteroatoms. The van der Waals surface area contributed by atoms with E-state index in [1.807, 2.05) is 18.2 Å². The molecule has 1 fully saturated rings. The molecule has 21 heavy (non-hydrogen) atoms. The predicted octanol–water partition coefficient (Wildman–Crippen LogP) is 3.86.